The van der Waals surface area contributed by atoms with Crippen molar-refractivity contribution < 1.29 is 12.4 Å². The van der Waals surface area contributed by atoms with E-state index >= 15 is 0 Å². The van der Waals surface area contributed by atoms with Gasteiger partial charge >= 0.3 is 0 Å². The molecule has 2 N–H and O–H groups in total. The maximum atomic E-state index is 6.17. The SMILES string of the molecule is Cc1ccc(C(N)c2ccccc2)cc1.[Cl-]. The van der Waals surface area contributed by atoms with Crippen LogP contribution in [0, 0.1) is 6.92 Å². The fourth-order valence-corrected chi connectivity index (χ4v) is 1.63. The van der Waals surface area contributed by atoms with Crippen molar-refractivity contribution in [2.24, 2.45) is 5.73 Å². The summed E-state index contributed by atoms with van der Waals surface area (Å²) >= 11 is 0. The minimum Gasteiger partial charge on any atom is -1.00 e. The average molecular weight is 233 g/mol. The van der Waals surface area contributed by atoms with E-state index in [1.54, 1.807) is 0 Å². The average Bonchev–Trinajstić information content (AvgIpc) is 2.30. The highest BCUT2D eigenvalue weighted by Gasteiger charge is 2.06. The van der Waals surface area contributed by atoms with Crippen LogP contribution in [0.2, 0.25) is 0 Å². The van der Waals surface area contributed by atoms with Crippen LogP contribution in [-0.4, -0.2) is 0 Å². The van der Waals surface area contributed by atoms with Crippen LogP contribution in [0.5, 0.6) is 0 Å². The molecule has 84 valence electrons. The molecule has 1 nitrogen and oxygen atoms in total. The molecule has 0 spiro atoms. The zero-order valence-corrected chi connectivity index (χ0v) is 9.98. The number of nitrogens with two attached hydrogens (primary N) is 1. The second-order valence-corrected chi connectivity index (χ2v) is 3.80. The van der Waals surface area contributed by atoms with Crippen LogP contribution in [0.4, 0.5) is 0 Å². The van der Waals surface area contributed by atoms with Gasteiger partial charge in [-0.25, -0.2) is 0 Å². The van der Waals surface area contributed by atoms with Gasteiger partial charge in [0.05, 0.1) is 6.04 Å². The van der Waals surface area contributed by atoms with Crippen LogP contribution in [0.25, 0.3) is 0 Å². The third kappa shape index (κ3) is 2.84. The Morgan fingerprint density at radius 3 is 1.88 bits per heavy atom. The molecule has 0 radical (unpaired) electrons. The minimum absolute atomic E-state index is 0. The van der Waals surface area contributed by atoms with Crippen molar-refractivity contribution in [2.45, 2.75) is 13.0 Å². The first-order chi connectivity index (χ1) is 7.27. The highest BCUT2D eigenvalue weighted by Crippen LogP contribution is 2.19. The third-order valence-corrected chi connectivity index (χ3v) is 2.60. The van der Waals surface area contributed by atoms with Crippen LogP contribution < -0.4 is 18.1 Å². The number of aryl methyl sites for hydroxylation is 1. The summed E-state index contributed by atoms with van der Waals surface area (Å²) in [5.41, 5.74) is 9.74. The van der Waals surface area contributed by atoms with Gasteiger partial charge in [0.15, 0.2) is 0 Å². The van der Waals surface area contributed by atoms with Crippen molar-refractivity contribution in [1.29, 1.82) is 0 Å². The lowest BCUT2D eigenvalue weighted by atomic mass is 9.99. The molecular formula is C14H15ClN-. The third-order valence-electron chi connectivity index (χ3n) is 2.60. The Labute approximate surface area is 103 Å². The minimum atomic E-state index is -0.0215. The Morgan fingerprint density at radius 1 is 0.812 bits per heavy atom. The second-order valence-electron chi connectivity index (χ2n) is 3.80. The zero-order chi connectivity index (χ0) is 10.7. The molecule has 16 heavy (non-hydrogen) atoms. The molecule has 1 atom stereocenters. The van der Waals surface area contributed by atoms with Crippen LogP contribution >= 0.6 is 0 Å². The van der Waals surface area contributed by atoms with Gasteiger partial charge in [-0.1, -0.05) is 60.2 Å². The summed E-state index contributed by atoms with van der Waals surface area (Å²) in [5.74, 6) is 0. The number of hydrogen-bond acceptors (Lipinski definition) is 1. The van der Waals surface area contributed by atoms with Crippen molar-refractivity contribution in [1.82, 2.24) is 0 Å². The Bertz CT molecular complexity index is 422. The topological polar surface area (TPSA) is 26.0 Å². The first-order valence-electron chi connectivity index (χ1n) is 5.14. The second kappa shape index (κ2) is 5.69. The van der Waals surface area contributed by atoms with E-state index < -0.39 is 0 Å². The molecule has 2 rings (SSSR count). The van der Waals surface area contributed by atoms with Gasteiger partial charge < -0.3 is 18.1 Å². The Balaban J connectivity index is 0.00000128. The highest BCUT2D eigenvalue weighted by molar-refractivity contribution is 5.32. The quantitative estimate of drug-likeness (QED) is 0.778. The van der Waals surface area contributed by atoms with Gasteiger partial charge in [0.2, 0.25) is 0 Å². The predicted molar refractivity (Wildman–Crippen MR) is 63.7 cm³/mol. The molecule has 1 unspecified atom stereocenters. The van der Waals surface area contributed by atoms with E-state index in [1.165, 1.54) is 5.56 Å². The van der Waals surface area contributed by atoms with E-state index in [2.05, 4.69) is 43.3 Å². The lowest BCUT2D eigenvalue weighted by molar-refractivity contribution is -0.00000315. The van der Waals surface area contributed by atoms with Gasteiger partial charge in [-0.2, -0.15) is 0 Å². The molecule has 0 amide bonds. The molecule has 2 aromatic rings. The number of halogens is 1. The number of benzene rings is 2. The molecule has 2 aromatic carbocycles. The van der Waals surface area contributed by atoms with E-state index in [9.17, 15) is 0 Å². The smallest absolute Gasteiger partial charge is 0.0551 e. The Kier molecular flexibility index (Phi) is 4.53. The molecule has 0 aliphatic rings. The molecule has 0 aromatic heterocycles. The molecule has 0 bridgehead atoms. The van der Waals surface area contributed by atoms with Crippen LogP contribution in [0.3, 0.4) is 0 Å². The highest BCUT2D eigenvalue weighted by atomic mass is 35.5. The fourth-order valence-electron chi connectivity index (χ4n) is 1.63. The number of hydrogen-bond donors (Lipinski definition) is 1. The van der Waals surface area contributed by atoms with Crippen molar-refractivity contribution in [3.63, 3.8) is 0 Å². The van der Waals surface area contributed by atoms with Gasteiger partial charge in [0, 0.05) is 0 Å². The van der Waals surface area contributed by atoms with Gasteiger partial charge in [-0.05, 0) is 18.1 Å². The summed E-state index contributed by atoms with van der Waals surface area (Å²) in [7, 11) is 0. The first kappa shape index (κ1) is 12.8. The Morgan fingerprint density at radius 2 is 1.31 bits per heavy atom. The van der Waals surface area contributed by atoms with Crippen molar-refractivity contribution in [2.75, 3.05) is 0 Å². The number of rotatable bonds is 2. The zero-order valence-electron chi connectivity index (χ0n) is 9.23. The monoisotopic (exact) mass is 232 g/mol. The molecular weight excluding hydrogens is 218 g/mol. The van der Waals surface area contributed by atoms with Gasteiger partial charge in [0.25, 0.3) is 0 Å². The first-order valence-corrected chi connectivity index (χ1v) is 5.14. The van der Waals surface area contributed by atoms with Crippen LogP contribution in [-0.2, 0) is 0 Å². The maximum Gasteiger partial charge on any atom is 0.0551 e. The lowest BCUT2D eigenvalue weighted by Gasteiger charge is -2.12. The molecule has 0 aliphatic heterocycles. The largest absolute Gasteiger partial charge is 1.00 e. The van der Waals surface area contributed by atoms with Gasteiger partial charge in [-0.15, -0.1) is 0 Å². The van der Waals surface area contributed by atoms with E-state index in [4.69, 9.17) is 5.73 Å². The maximum absolute atomic E-state index is 6.17. The van der Waals surface area contributed by atoms with Crippen molar-refractivity contribution in [3.05, 3.63) is 71.3 Å². The van der Waals surface area contributed by atoms with Crippen molar-refractivity contribution in [3.8, 4) is 0 Å². The van der Waals surface area contributed by atoms with E-state index in [0.29, 0.717) is 0 Å². The molecule has 0 saturated heterocycles. The van der Waals surface area contributed by atoms with Gasteiger partial charge in [0.1, 0.15) is 0 Å². The normalized spacial score (nSPS) is 11.6. The Hall–Kier alpha value is -1.31. The molecule has 0 heterocycles. The van der Waals surface area contributed by atoms with Gasteiger partial charge in [-0.3, -0.25) is 0 Å². The van der Waals surface area contributed by atoms with E-state index in [1.807, 2.05) is 18.2 Å². The molecule has 0 aliphatic carbocycles. The summed E-state index contributed by atoms with van der Waals surface area (Å²) in [5, 5.41) is 0. The summed E-state index contributed by atoms with van der Waals surface area (Å²) in [6, 6.07) is 18.5. The summed E-state index contributed by atoms with van der Waals surface area (Å²) in [6.07, 6.45) is 0. The molecule has 2 heteroatoms. The van der Waals surface area contributed by atoms with E-state index in [0.717, 1.165) is 11.1 Å². The molecule has 0 saturated carbocycles. The standard InChI is InChI=1S/C14H15N.ClH/c1-11-7-9-13(10-8-11)14(15)12-5-3-2-4-6-12;/h2-10,14H,15H2,1H3;1H/p-1. The van der Waals surface area contributed by atoms with E-state index in [-0.39, 0.29) is 18.4 Å². The summed E-state index contributed by atoms with van der Waals surface area (Å²) in [4.78, 5) is 0. The summed E-state index contributed by atoms with van der Waals surface area (Å²) in [6.45, 7) is 2.08. The fraction of sp³-hybridized carbons (Fsp3) is 0.143. The van der Waals surface area contributed by atoms with Crippen LogP contribution in [0.15, 0.2) is 54.6 Å². The lowest BCUT2D eigenvalue weighted by Crippen LogP contribution is -3.00. The van der Waals surface area contributed by atoms with Crippen molar-refractivity contribution >= 4 is 0 Å². The summed E-state index contributed by atoms with van der Waals surface area (Å²) < 4.78 is 0. The predicted octanol–water partition coefficient (Wildman–Crippen LogP) is 0.0471. The van der Waals surface area contributed by atoms with Crippen LogP contribution in [0.1, 0.15) is 22.7 Å². The molecule has 0 fully saturated rings.